The Balaban J connectivity index is 0.0000120. The zero-order chi connectivity index (χ0) is 36.2. The van der Waals surface area contributed by atoms with Crippen LogP contribution in [0.4, 0.5) is 17.6 Å². The SMILES string of the molecule is CN[C@H](CC(C)C)C(=O)O[C@H](C)C(=O)N(C)[C@@H](CC(C)(C)F)C(=O)O[C@H](Cc1ccc(OC(F)(F)F)cc1)C(=O)OCc1ccccc1.Cl. The van der Waals surface area contributed by atoms with E-state index in [0.717, 1.165) is 17.0 Å². The summed E-state index contributed by atoms with van der Waals surface area (Å²) in [4.78, 5) is 53.8. The lowest BCUT2D eigenvalue weighted by molar-refractivity contribution is -0.274. The number of amides is 1. The number of likely N-dealkylation sites (N-methyl/N-ethyl adjacent to an activating group) is 2. The lowest BCUT2D eigenvalue weighted by Gasteiger charge is -2.32. The minimum Gasteiger partial charge on any atom is -0.458 e. The van der Waals surface area contributed by atoms with Crippen LogP contribution in [0.2, 0.25) is 0 Å². The summed E-state index contributed by atoms with van der Waals surface area (Å²) in [6.45, 7) is 7.34. The Morgan fingerprint density at radius 3 is 1.94 bits per heavy atom. The molecule has 0 aromatic heterocycles. The van der Waals surface area contributed by atoms with Crippen LogP contribution in [0, 0.1) is 5.92 Å². The number of hydrogen-bond acceptors (Lipinski definition) is 9. The highest BCUT2D eigenvalue weighted by Gasteiger charge is 2.39. The third-order valence-corrected chi connectivity index (χ3v) is 7.07. The Kier molecular flexibility index (Phi) is 17.0. The highest BCUT2D eigenvalue weighted by atomic mass is 35.5. The van der Waals surface area contributed by atoms with E-state index in [-0.39, 0.29) is 36.9 Å². The lowest BCUT2D eigenvalue weighted by atomic mass is 9.99. The zero-order valence-corrected chi connectivity index (χ0v) is 29.4. The average Bonchev–Trinajstić information content (AvgIpc) is 3.00. The highest BCUT2D eigenvalue weighted by molar-refractivity contribution is 5.89. The normalized spacial score (nSPS) is 14.0. The summed E-state index contributed by atoms with van der Waals surface area (Å²) in [5.74, 6) is -4.00. The van der Waals surface area contributed by atoms with Gasteiger partial charge in [0.1, 0.15) is 30.1 Å². The number of rotatable bonds is 17. The fraction of sp³-hybridized carbons (Fsp3) is 0.529. The van der Waals surface area contributed by atoms with Gasteiger partial charge in [0, 0.05) is 19.9 Å². The summed E-state index contributed by atoms with van der Waals surface area (Å²) in [6, 6.07) is 10.9. The monoisotopic (exact) mass is 720 g/mol. The Hall–Kier alpha value is -3.91. The first-order valence-corrected chi connectivity index (χ1v) is 15.4. The van der Waals surface area contributed by atoms with Gasteiger partial charge >= 0.3 is 24.3 Å². The number of nitrogens with zero attached hydrogens (tertiary/aromatic N) is 1. The third-order valence-electron chi connectivity index (χ3n) is 7.07. The van der Waals surface area contributed by atoms with Crippen molar-refractivity contribution in [3.63, 3.8) is 0 Å². The van der Waals surface area contributed by atoms with Crippen molar-refractivity contribution < 1.29 is 55.7 Å². The molecule has 0 bridgehead atoms. The second kappa shape index (κ2) is 19.3. The fourth-order valence-electron chi connectivity index (χ4n) is 4.64. The van der Waals surface area contributed by atoms with Crippen LogP contribution >= 0.6 is 12.4 Å². The molecule has 15 heteroatoms. The molecule has 0 saturated heterocycles. The van der Waals surface area contributed by atoms with Gasteiger partial charge in [-0.1, -0.05) is 56.3 Å². The van der Waals surface area contributed by atoms with Gasteiger partial charge in [0.2, 0.25) is 6.10 Å². The van der Waals surface area contributed by atoms with E-state index >= 15 is 0 Å². The maximum absolute atomic E-state index is 15.0. The molecule has 0 aliphatic carbocycles. The van der Waals surface area contributed by atoms with Gasteiger partial charge in [-0.25, -0.2) is 14.0 Å². The van der Waals surface area contributed by atoms with Crippen LogP contribution < -0.4 is 10.1 Å². The number of hydrogen-bond donors (Lipinski definition) is 1. The Labute approximate surface area is 290 Å². The molecule has 0 aliphatic rings. The average molecular weight is 721 g/mol. The van der Waals surface area contributed by atoms with E-state index in [4.69, 9.17) is 14.2 Å². The Bertz CT molecular complexity index is 1350. The fourth-order valence-corrected chi connectivity index (χ4v) is 4.64. The first-order chi connectivity index (χ1) is 22.3. The van der Waals surface area contributed by atoms with Crippen molar-refractivity contribution in [2.45, 2.75) is 96.8 Å². The number of carbonyl (C=O) groups is 4. The van der Waals surface area contributed by atoms with E-state index < -0.39 is 72.3 Å². The summed E-state index contributed by atoms with van der Waals surface area (Å²) in [7, 11) is 2.80. The van der Waals surface area contributed by atoms with Crippen LogP contribution in [0.1, 0.15) is 58.6 Å². The van der Waals surface area contributed by atoms with E-state index in [1.165, 1.54) is 40.0 Å². The van der Waals surface area contributed by atoms with Crippen LogP contribution in [-0.2, 0) is 46.4 Å². The van der Waals surface area contributed by atoms with Crippen LogP contribution in [0.5, 0.6) is 5.75 Å². The Morgan fingerprint density at radius 1 is 0.837 bits per heavy atom. The smallest absolute Gasteiger partial charge is 0.458 e. The number of benzene rings is 2. The maximum Gasteiger partial charge on any atom is 0.573 e. The van der Waals surface area contributed by atoms with Gasteiger partial charge in [-0.3, -0.25) is 9.59 Å². The lowest BCUT2D eigenvalue weighted by Crippen LogP contribution is -2.51. The van der Waals surface area contributed by atoms with Crippen LogP contribution in [0.3, 0.4) is 0 Å². The molecule has 1 amide bonds. The largest absolute Gasteiger partial charge is 0.573 e. The molecule has 10 nitrogen and oxygen atoms in total. The molecule has 0 aliphatic heterocycles. The van der Waals surface area contributed by atoms with Crippen molar-refractivity contribution in [2.24, 2.45) is 5.92 Å². The second-order valence-electron chi connectivity index (χ2n) is 12.4. The third kappa shape index (κ3) is 15.5. The molecular formula is C34H45ClF4N2O8. The molecule has 0 radical (unpaired) electrons. The zero-order valence-electron chi connectivity index (χ0n) is 28.5. The molecule has 2 aromatic carbocycles. The molecule has 4 atom stereocenters. The standard InChI is InChI=1S/C34H44F4N2O8.ClH/c1-21(2)17-26(39-6)30(42)46-22(3)29(41)40(7)27(19-33(4,5)35)31(43)47-28(32(44)45-20-24-11-9-8-10-12-24)18-23-13-15-25(16-14-23)48-34(36,37)38;/h8-16,21-22,26-28,39H,17-20H2,1-7H3;1H/t22-,26-,27+,28-;/m1./s1. The van der Waals surface area contributed by atoms with Crippen molar-refractivity contribution in [1.82, 2.24) is 10.2 Å². The molecule has 0 saturated carbocycles. The van der Waals surface area contributed by atoms with Crippen molar-refractivity contribution in [3.8, 4) is 5.75 Å². The number of alkyl halides is 4. The second-order valence-corrected chi connectivity index (χ2v) is 12.4. The van der Waals surface area contributed by atoms with Crippen LogP contribution in [-0.4, -0.2) is 79.1 Å². The molecule has 49 heavy (non-hydrogen) atoms. The Morgan fingerprint density at radius 2 is 1.43 bits per heavy atom. The highest BCUT2D eigenvalue weighted by Crippen LogP contribution is 2.25. The van der Waals surface area contributed by atoms with E-state index in [1.54, 1.807) is 37.4 Å². The number of ether oxygens (including phenoxy) is 4. The number of carbonyl (C=O) groups excluding carboxylic acids is 4. The number of esters is 3. The van der Waals surface area contributed by atoms with E-state index in [1.807, 2.05) is 13.8 Å². The molecule has 2 aromatic rings. The number of nitrogens with one attached hydrogen (secondary N) is 1. The van der Waals surface area contributed by atoms with Gasteiger partial charge in [0.25, 0.3) is 5.91 Å². The van der Waals surface area contributed by atoms with Gasteiger partial charge < -0.3 is 29.2 Å². The van der Waals surface area contributed by atoms with Gasteiger partial charge in [0.05, 0.1) is 0 Å². The van der Waals surface area contributed by atoms with Gasteiger partial charge in [-0.15, -0.1) is 25.6 Å². The first kappa shape index (κ1) is 43.1. The molecule has 274 valence electrons. The van der Waals surface area contributed by atoms with E-state index in [0.29, 0.717) is 12.0 Å². The molecule has 0 spiro atoms. The maximum atomic E-state index is 15.0. The van der Waals surface area contributed by atoms with Gasteiger partial charge in [-0.05, 0) is 63.4 Å². The van der Waals surface area contributed by atoms with Crippen LogP contribution in [0.25, 0.3) is 0 Å². The predicted molar refractivity (Wildman–Crippen MR) is 174 cm³/mol. The molecule has 0 unspecified atom stereocenters. The quantitative estimate of drug-likeness (QED) is 0.124. The van der Waals surface area contributed by atoms with Gasteiger partial charge in [0.15, 0.2) is 6.10 Å². The summed E-state index contributed by atoms with van der Waals surface area (Å²) in [6.07, 6.45) is -8.33. The van der Waals surface area contributed by atoms with Crippen LogP contribution in [0.15, 0.2) is 54.6 Å². The summed E-state index contributed by atoms with van der Waals surface area (Å²) >= 11 is 0. The minimum absolute atomic E-state index is 0. The summed E-state index contributed by atoms with van der Waals surface area (Å²) in [5, 5.41) is 2.84. The van der Waals surface area contributed by atoms with Crippen molar-refractivity contribution >= 4 is 36.2 Å². The van der Waals surface area contributed by atoms with E-state index in [2.05, 4.69) is 10.1 Å². The molecule has 2 rings (SSSR count). The molecule has 1 N–H and O–H groups in total. The summed E-state index contributed by atoms with van der Waals surface area (Å²) < 4.78 is 73.0. The topological polar surface area (TPSA) is 120 Å². The molecule has 0 fully saturated rings. The molecule has 0 heterocycles. The van der Waals surface area contributed by atoms with Gasteiger partial charge in [-0.2, -0.15) is 0 Å². The minimum atomic E-state index is -4.91. The van der Waals surface area contributed by atoms with Crippen molar-refractivity contribution in [3.05, 3.63) is 65.7 Å². The van der Waals surface area contributed by atoms with Crippen molar-refractivity contribution in [1.29, 1.82) is 0 Å². The summed E-state index contributed by atoms with van der Waals surface area (Å²) in [5.41, 5.74) is -1.08. The first-order valence-electron chi connectivity index (χ1n) is 15.4. The molecular weight excluding hydrogens is 676 g/mol. The van der Waals surface area contributed by atoms with E-state index in [9.17, 15) is 36.7 Å². The predicted octanol–water partition coefficient (Wildman–Crippen LogP) is 5.74. The van der Waals surface area contributed by atoms with Crippen molar-refractivity contribution in [2.75, 3.05) is 14.1 Å². The number of halogens is 5.